The predicted molar refractivity (Wildman–Crippen MR) is 310 cm³/mol. The van der Waals surface area contributed by atoms with Crippen molar-refractivity contribution in [1.82, 2.24) is 0 Å². The van der Waals surface area contributed by atoms with E-state index in [4.69, 9.17) is 0 Å². The fraction of sp³-hybridized carbons (Fsp3) is 0.455. The van der Waals surface area contributed by atoms with Gasteiger partial charge in [-0.25, -0.2) is 0 Å². The summed E-state index contributed by atoms with van der Waals surface area (Å²) in [5.74, 6) is 0. The third-order valence-electron chi connectivity index (χ3n) is 19.5. The molecule has 2 radical (unpaired) electrons. The van der Waals surface area contributed by atoms with Gasteiger partial charge in [0, 0.05) is 0 Å². The summed E-state index contributed by atoms with van der Waals surface area (Å²) >= 11 is -5.22. The molecule has 0 amide bonds. The normalized spacial score (nSPS) is 11.6. The maximum atomic E-state index is 2.40. The van der Waals surface area contributed by atoms with E-state index in [9.17, 15) is 0 Å². The number of rotatable bonds is 6. The van der Waals surface area contributed by atoms with Crippen molar-refractivity contribution in [2.45, 2.75) is 208 Å². The van der Waals surface area contributed by atoms with Crippen LogP contribution in [-0.2, 0) is 0 Å². The zero-order valence-corrected chi connectivity index (χ0v) is 54.7. The molecule has 0 spiro atoms. The molecular weight excluding hydrogens is 1030 g/mol. The van der Waals surface area contributed by atoms with Crippen LogP contribution in [0.1, 0.15) is 167 Å². The monoisotopic (exact) mass is 1120 g/mol. The van der Waals surface area contributed by atoms with Crippen molar-refractivity contribution >= 4 is 61.0 Å². The Morgan fingerprint density at radius 3 is 0.235 bits per heavy atom. The van der Waals surface area contributed by atoms with Crippen LogP contribution >= 0.6 is 0 Å². The molecular formula is C66H90Sn2. The molecule has 0 fully saturated rings. The molecule has 68 heavy (non-hydrogen) atoms. The van der Waals surface area contributed by atoms with Crippen LogP contribution in [0.15, 0.2) is 0 Å². The summed E-state index contributed by atoms with van der Waals surface area (Å²) in [6, 6.07) is 0. The molecule has 6 aromatic carbocycles. The Balaban J connectivity index is 0.000000254. The van der Waals surface area contributed by atoms with E-state index in [1.54, 1.807) is 88.2 Å². The third kappa shape index (κ3) is 8.87. The van der Waals surface area contributed by atoms with E-state index in [0.29, 0.717) is 0 Å². The van der Waals surface area contributed by atoms with Gasteiger partial charge in [-0.2, -0.15) is 0 Å². The molecule has 0 aliphatic rings. The molecule has 0 N–H and O–H groups in total. The van der Waals surface area contributed by atoms with E-state index in [-0.39, 0.29) is 0 Å². The first-order valence-electron chi connectivity index (χ1n) is 25.5. The Hall–Kier alpha value is -3.08. The second kappa shape index (κ2) is 20.6. The summed E-state index contributed by atoms with van der Waals surface area (Å²) < 4.78 is 10.3. The van der Waals surface area contributed by atoms with Gasteiger partial charge in [0.25, 0.3) is 0 Å². The molecule has 0 saturated heterocycles. The zero-order chi connectivity index (χ0) is 51.9. The Morgan fingerprint density at radius 1 is 0.103 bits per heavy atom. The van der Waals surface area contributed by atoms with Gasteiger partial charge in [0.2, 0.25) is 0 Å². The Labute approximate surface area is 432 Å². The molecule has 0 heterocycles. The van der Waals surface area contributed by atoms with E-state index < -0.39 is 39.5 Å². The molecule has 0 atom stereocenters. The fourth-order valence-corrected chi connectivity index (χ4v) is 35.5. The first-order valence-corrected chi connectivity index (χ1v) is 34.1. The predicted octanol–water partition coefficient (Wildman–Crippen LogP) is 13.7. The second-order valence-corrected chi connectivity index (χ2v) is 34.6. The Morgan fingerprint density at radius 2 is 0.162 bits per heavy atom. The number of hydrogen-bond donors (Lipinski definition) is 0. The van der Waals surface area contributed by atoms with Crippen molar-refractivity contribution in [3.05, 3.63) is 167 Å². The summed E-state index contributed by atoms with van der Waals surface area (Å²) in [6.45, 7) is 70.9. The minimum absolute atomic E-state index is 1.47. The first kappa shape index (κ1) is 55.8. The molecule has 6 aromatic rings. The summed E-state index contributed by atoms with van der Waals surface area (Å²) in [4.78, 5) is 0. The first-order chi connectivity index (χ1) is 31.3. The average molecular weight is 1120 g/mol. The topological polar surface area (TPSA) is 0 Å². The number of hydrogen-bond acceptors (Lipinski definition) is 0. The molecule has 2 heteroatoms. The molecule has 0 unspecified atom stereocenters. The van der Waals surface area contributed by atoms with E-state index in [2.05, 4.69) is 208 Å². The average Bonchev–Trinajstić information content (AvgIpc) is 3.31. The van der Waals surface area contributed by atoms with Crippen LogP contribution in [0.3, 0.4) is 0 Å². The van der Waals surface area contributed by atoms with Crippen molar-refractivity contribution in [2.75, 3.05) is 0 Å². The van der Waals surface area contributed by atoms with E-state index >= 15 is 0 Å². The van der Waals surface area contributed by atoms with E-state index in [1.807, 2.05) is 0 Å². The van der Waals surface area contributed by atoms with Gasteiger partial charge in [-0.1, -0.05) is 0 Å². The zero-order valence-electron chi connectivity index (χ0n) is 49.0. The molecule has 0 aromatic heterocycles. The molecule has 0 saturated carbocycles. The molecule has 362 valence electrons. The Bertz CT molecular complexity index is 2370. The van der Waals surface area contributed by atoms with E-state index in [1.165, 1.54) is 100 Å². The van der Waals surface area contributed by atoms with Gasteiger partial charge in [0.1, 0.15) is 0 Å². The minimum atomic E-state index is -2.61. The molecule has 0 nitrogen and oxygen atoms in total. The van der Waals surface area contributed by atoms with Crippen LogP contribution in [0.25, 0.3) is 0 Å². The molecule has 0 bridgehead atoms. The van der Waals surface area contributed by atoms with Crippen molar-refractivity contribution in [3.8, 4) is 0 Å². The van der Waals surface area contributed by atoms with Gasteiger partial charge >= 0.3 is 436 Å². The summed E-state index contributed by atoms with van der Waals surface area (Å²) in [6.07, 6.45) is 0. The van der Waals surface area contributed by atoms with Crippen molar-refractivity contribution in [1.29, 1.82) is 0 Å². The van der Waals surface area contributed by atoms with Crippen LogP contribution < -0.4 is 21.5 Å². The maximum absolute atomic E-state index is 2.61. The number of benzene rings is 6. The quantitative estimate of drug-likeness (QED) is 0.146. The second-order valence-electron chi connectivity index (χ2n) is 21.8. The molecule has 0 aliphatic heterocycles. The fourth-order valence-electron chi connectivity index (χ4n) is 12.0. The summed E-state index contributed by atoms with van der Waals surface area (Å²) in [5, 5.41) is 0. The molecule has 0 aliphatic carbocycles. The SMILES string of the molecule is Cc1c(C)c(C)[c]([Sn]([c]2c(C)c(C)c(C)c(C)c2C)[c]2c(C)c(C)c(C)c(C)c2C)c(C)c1C.Cc1c(C)c(C)[c]([Sn]([c]2c(C)c(C)c(C)c(C)c2C)[c]2c(C)c(C)c(C)c(C)c2C)c(C)c1C. The van der Waals surface area contributed by atoms with Gasteiger partial charge in [0.05, 0.1) is 0 Å². The van der Waals surface area contributed by atoms with Crippen LogP contribution in [-0.4, -0.2) is 39.5 Å². The standard InChI is InChI=1S/6C11H15.2Sn/c6*1-7-6-8(2)10(4)11(5)9(7)3;;/h6*1-5H3;;. The van der Waals surface area contributed by atoms with Crippen LogP contribution in [0, 0.1) is 208 Å². The third-order valence-corrected chi connectivity index (χ3v) is 40.9. The summed E-state index contributed by atoms with van der Waals surface area (Å²) in [7, 11) is 0. The summed E-state index contributed by atoms with van der Waals surface area (Å²) in [5.41, 5.74) is 45.2. The van der Waals surface area contributed by atoms with Gasteiger partial charge in [0.15, 0.2) is 0 Å². The van der Waals surface area contributed by atoms with Crippen LogP contribution in [0.2, 0.25) is 0 Å². The Kier molecular flexibility index (Phi) is 16.9. The van der Waals surface area contributed by atoms with Crippen LogP contribution in [0.5, 0.6) is 0 Å². The van der Waals surface area contributed by atoms with Crippen molar-refractivity contribution in [3.63, 3.8) is 0 Å². The molecule has 6 rings (SSSR count). The van der Waals surface area contributed by atoms with Crippen molar-refractivity contribution < 1.29 is 0 Å². The van der Waals surface area contributed by atoms with Crippen LogP contribution in [0.4, 0.5) is 0 Å². The van der Waals surface area contributed by atoms with Gasteiger partial charge < -0.3 is 0 Å². The van der Waals surface area contributed by atoms with Gasteiger partial charge in [-0.3, -0.25) is 0 Å². The van der Waals surface area contributed by atoms with E-state index in [0.717, 1.165) is 0 Å². The van der Waals surface area contributed by atoms with Gasteiger partial charge in [-0.05, 0) is 0 Å². The van der Waals surface area contributed by atoms with Gasteiger partial charge in [-0.15, -0.1) is 0 Å². The van der Waals surface area contributed by atoms with Crippen molar-refractivity contribution in [2.24, 2.45) is 0 Å².